The molecule has 0 saturated heterocycles. The summed E-state index contributed by atoms with van der Waals surface area (Å²) in [6.45, 7) is 1.82. The summed E-state index contributed by atoms with van der Waals surface area (Å²) in [7, 11) is 1.98. The van der Waals surface area contributed by atoms with Gasteiger partial charge in [0.25, 0.3) is 0 Å². The van der Waals surface area contributed by atoms with Crippen molar-refractivity contribution in [2.24, 2.45) is 0 Å². The van der Waals surface area contributed by atoms with Gasteiger partial charge in [-0.2, -0.15) is 0 Å². The molecule has 2 nitrogen and oxygen atoms in total. The van der Waals surface area contributed by atoms with Crippen LogP contribution in [0.5, 0.6) is 0 Å². The lowest BCUT2D eigenvalue weighted by atomic mass is 10.3. The van der Waals surface area contributed by atoms with Crippen molar-refractivity contribution in [3.05, 3.63) is 24.0 Å². The zero-order chi connectivity index (χ0) is 9.26. The third-order valence-electron chi connectivity index (χ3n) is 2.06. The fraction of sp³-hybridized carbons (Fsp3) is 0.333. The molecule has 1 aromatic rings. The fourth-order valence-corrected chi connectivity index (χ4v) is 2.14. The molecular weight excluding hydrogens is 187 g/mol. The Balaban J connectivity index is 2.43. The average molecular weight is 198 g/mol. The molecular formula is C9H11FN2S. The maximum atomic E-state index is 12.9. The Labute approximate surface area is 81.3 Å². The maximum absolute atomic E-state index is 12.9. The highest BCUT2D eigenvalue weighted by atomic mass is 32.2. The van der Waals surface area contributed by atoms with Gasteiger partial charge in [-0.1, -0.05) is 0 Å². The molecule has 1 aliphatic rings. The van der Waals surface area contributed by atoms with Gasteiger partial charge in [-0.3, -0.25) is 4.72 Å². The molecule has 1 aliphatic heterocycles. The van der Waals surface area contributed by atoms with Crippen molar-refractivity contribution in [3.8, 4) is 0 Å². The molecule has 1 heterocycles. The first-order valence-corrected chi connectivity index (χ1v) is 4.99. The Morgan fingerprint density at radius 1 is 1.54 bits per heavy atom. The molecule has 1 aromatic carbocycles. The highest BCUT2D eigenvalue weighted by Gasteiger charge is 2.12. The number of fused-ring (bicyclic) bond motifs is 1. The number of hydrogen-bond donors (Lipinski definition) is 1. The molecule has 0 amide bonds. The number of rotatable bonds is 0. The van der Waals surface area contributed by atoms with Crippen LogP contribution in [-0.4, -0.2) is 20.1 Å². The summed E-state index contributed by atoms with van der Waals surface area (Å²) in [4.78, 5) is 3.15. The highest BCUT2D eigenvalue weighted by Crippen LogP contribution is 2.29. The number of anilines is 1. The summed E-state index contributed by atoms with van der Waals surface area (Å²) in [6, 6.07) is 4.88. The molecule has 1 N–H and O–H groups in total. The molecule has 13 heavy (non-hydrogen) atoms. The summed E-state index contributed by atoms with van der Waals surface area (Å²) in [5.74, 6) is -0.173. The van der Waals surface area contributed by atoms with Crippen LogP contribution in [0.4, 0.5) is 10.1 Å². The predicted molar refractivity (Wildman–Crippen MR) is 53.5 cm³/mol. The average Bonchev–Trinajstić information content (AvgIpc) is 2.29. The van der Waals surface area contributed by atoms with Gasteiger partial charge in [-0.15, -0.1) is 0 Å². The van der Waals surface area contributed by atoms with Gasteiger partial charge in [0.05, 0.1) is 5.69 Å². The van der Waals surface area contributed by atoms with E-state index in [9.17, 15) is 4.39 Å². The minimum atomic E-state index is -0.173. The van der Waals surface area contributed by atoms with E-state index in [4.69, 9.17) is 0 Å². The van der Waals surface area contributed by atoms with E-state index in [1.165, 1.54) is 6.07 Å². The molecule has 4 heteroatoms. The van der Waals surface area contributed by atoms with Gasteiger partial charge in [0.1, 0.15) is 5.82 Å². The molecule has 0 fully saturated rings. The number of nitrogens with zero attached hydrogens (tertiary/aromatic N) is 1. The van der Waals surface area contributed by atoms with Crippen LogP contribution in [0.25, 0.3) is 0 Å². The van der Waals surface area contributed by atoms with Gasteiger partial charge in [0.2, 0.25) is 0 Å². The van der Waals surface area contributed by atoms with Gasteiger partial charge < -0.3 is 4.90 Å². The van der Waals surface area contributed by atoms with Crippen LogP contribution in [0.3, 0.4) is 0 Å². The standard InChI is InChI=1S/C9H11FN2S/c1-12-5-4-11-13-9-3-2-7(10)6-8(9)12/h2-3,6,11H,4-5H2,1H3. The van der Waals surface area contributed by atoms with Crippen LogP contribution in [-0.2, 0) is 0 Å². The van der Waals surface area contributed by atoms with Crippen LogP contribution < -0.4 is 9.62 Å². The lowest BCUT2D eigenvalue weighted by molar-refractivity contribution is 0.626. The number of nitrogens with one attached hydrogen (secondary N) is 1. The van der Waals surface area contributed by atoms with Gasteiger partial charge >= 0.3 is 0 Å². The van der Waals surface area contributed by atoms with Crippen LogP contribution in [0.2, 0.25) is 0 Å². The Morgan fingerprint density at radius 2 is 2.38 bits per heavy atom. The molecule has 0 unspecified atom stereocenters. The van der Waals surface area contributed by atoms with Gasteiger partial charge in [-0.05, 0) is 30.1 Å². The van der Waals surface area contributed by atoms with E-state index in [0.29, 0.717) is 0 Å². The summed E-state index contributed by atoms with van der Waals surface area (Å²) < 4.78 is 16.2. The van der Waals surface area contributed by atoms with Crippen molar-refractivity contribution in [1.82, 2.24) is 4.72 Å². The molecule has 0 saturated carbocycles. The Morgan fingerprint density at radius 3 is 3.23 bits per heavy atom. The van der Waals surface area contributed by atoms with Crippen molar-refractivity contribution >= 4 is 17.6 Å². The first-order valence-electron chi connectivity index (χ1n) is 4.18. The zero-order valence-corrected chi connectivity index (χ0v) is 8.20. The van der Waals surface area contributed by atoms with E-state index in [0.717, 1.165) is 23.7 Å². The largest absolute Gasteiger partial charge is 0.372 e. The van der Waals surface area contributed by atoms with E-state index in [2.05, 4.69) is 9.62 Å². The minimum absolute atomic E-state index is 0.173. The SMILES string of the molecule is CN1CCNSc2ccc(F)cc21. The van der Waals surface area contributed by atoms with Crippen molar-refractivity contribution < 1.29 is 4.39 Å². The molecule has 70 valence electrons. The van der Waals surface area contributed by atoms with Crippen LogP contribution in [0.15, 0.2) is 23.1 Å². The Hall–Kier alpha value is -0.740. The van der Waals surface area contributed by atoms with E-state index in [1.807, 2.05) is 13.1 Å². The Kier molecular flexibility index (Phi) is 2.42. The number of benzene rings is 1. The predicted octanol–water partition coefficient (Wildman–Crippen LogP) is 1.87. The normalized spacial score (nSPS) is 16.6. The van der Waals surface area contributed by atoms with E-state index < -0.39 is 0 Å². The summed E-state index contributed by atoms with van der Waals surface area (Å²) in [5.41, 5.74) is 0.968. The van der Waals surface area contributed by atoms with Crippen LogP contribution >= 0.6 is 11.9 Å². The quantitative estimate of drug-likeness (QED) is 0.641. The topological polar surface area (TPSA) is 15.3 Å². The number of halogens is 1. The van der Waals surface area contributed by atoms with Crippen molar-refractivity contribution in [1.29, 1.82) is 0 Å². The summed E-state index contributed by atoms with van der Waals surface area (Å²) >= 11 is 1.56. The van der Waals surface area contributed by atoms with Crippen molar-refractivity contribution in [3.63, 3.8) is 0 Å². The van der Waals surface area contributed by atoms with E-state index in [1.54, 1.807) is 18.0 Å². The third kappa shape index (κ3) is 1.78. The second-order valence-corrected chi connectivity index (χ2v) is 3.96. The molecule has 0 bridgehead atoms. The summed E-state index contributed by atoms with van der Waals surface area (Å²) in [5, 5.41) is 0. The smallest absolute Gasteiger partial charge is 0.125 e. The maximum Gasteiger partial charge on any atom is 0.125 e. The highest BCUT2D eigenvalue weighted by molar-refractivity contribution is 7.97. The molecule has 2 rings (SSSR count). The monoisotopic (exact) mass is 198 g/mol. The van der Waals surface area contributed by atoms with Gasteiger partial charge in [-0.25, -0.2) is 4.39 Å². The number of likely N-dealkylation sites (N-methyl/N-ethyl adjacent to an activating group) is 1. The zero-order valence-electron chi connectivity index (χ0n) is 7.38. The first-order chi connectivity index (χ1) is 6.27. The third-order valence-corrected chi connectivity index (χ3v) is 2.98. The molecule has 0 atom stereocenters. The molecule has 0 radical (unpaired) electrons. The first kappa shape index (κ1) is 8.84. The van der Waals surface area contributed by atoms with Crippen LogP contribution in [0, 0.1) is 5.82 Å². The number of hydrogen-bond acceptors (Lipinski definition) is 3. The second-order valence-electron chi connectivity index (χ2n) is 3.03. The van der Waals surface area contributed by atoms with Gasteiger partial charge in [0.15, 0.2) is 0 Å². The minimum Gasteiger partial charge on any atom is -0.372 e. The van der Waals surface area contributed by atoms with Crippen LogP contribution in [0.1, 0.15) is 0 Å². The summed E-state index contributed by atoms with van der Waals surface area (Å²) in [6.07, 6.45) is 0. The van der Waals surface area contributed by atoms with E-state index in [-0.39, 0.29) is 5.82 Å². The Bertz CT molecular complexity index is 316. The molecule has 0 spiro atoms. The van der Waals surface area contributed by atoms with Crippen molar-refractivity contribution in [2.75, 3.05) is 25.0 Å². The molecule has 0 aromatic heterocycles. The van der Waals surface area contributed by atoms with E-state index >= 15 is 0 Å². The molecule has 0 aliphatic carbocycles. The lowest BCUT2D eigenvalue weighted by Crippen LogP contribution is -2.23. The fourth-order valence-electron chi connectivity index (χ4n) is 1.34. The lowest BCUT2D eigenvalue weighted by Gasteiger charge is -2.17. The van der Waals surface area contributed by atoms with Gasteiger partial charge in [0, 0.05) is 25.0 Å². The van der Waals surface area contributed by atoms with Crippen molar-refractivity contribution in [2.45, 2.75) is 4.90 Å². The second kappa shape index (κ2) is 3.55.